The van der Waals surface area contributed by atoms with E-state index < -0.39 is 5.97 Å². The third-order valence-electron chi connectivity index (χ3n) is 4.85. The highest BCUT2D eigenvalue weighted by Crippen LogP contribution is 2.33. The molecule has 5 heteroatoms. The first-order valence-electron chi connectivity index (χ1n) is 9.15. The molecule has 3 aromatic carbocycles. The van der Waals surface area contributed by atoms with Crippen LogP contribution in [-0.2, 0) is 11.8 Å². The summed E-state index contributed by atoms with van der Waals surface area (Å²) in [5, 5.41) is 0.851. The normalized spacial score (nSPS) is 10.8. The van der Waals surface area contributed by atoms with Gasteiger partial charge < -0.3 is 9.30 Å². The second-order valence-corrected chi connectivity index (χ2v) is 7.92. The van der Waals surface area contributed by atoms with Gasteiger partial charge in [0.2, 0.25) is 5.78 Å². The number of carbonyl (C=O) groups excluding carboxylic acids is 2. The lowest BCUT2D eigenvalue weighted by atomic mass is 10.0. The molecule has 0 aliphatic rings. The zero-order chi connectivity index (χ0) is 20.4. The van der Waals surface area contributed by atoms with Crippen LogP contribution in [0.15, 0.2) is 78.9 Å². The molecule has 4 aromatic rings. The highest BCUT2D eigenvalue weighted by atomic mass is 127. The number of hydrogen-bond donors (Lipinski definition) is 0. The van der Waals surface area contributed by atoms with Crippen molar-refractivity contribution in [3.8, 4) is 11.3 Å². The Hall–Kier alpha value is -2.93. The number of para-hydroxylation sites is 1. The summed E-state index contributed by atoms with van der Waals surface area (Å²) in [6.07, 6.45) is 0. The van der Waals surface area contributed by atoms with Crippen LogP contribution in [0.4, 0.5) is 0 Å². The van der Waals surface area contributed by atoms with Crippen molar-refractivity contribution in [2.45, 2.75) is 0 Å². The van der Waals surface area contributed by atoms with Crippen LogP contribution in [0.2, 0.25) is 0 Å². The number of esters is 1. The number of aromatic nitrogens is 1. The first-order valence-corrected chi connectivity index (χ1v) is 10.2. The van der Waals surface area contributed by atoms with Gasteiger partial charge in [0, 0.05) is 21.5 Å². The van der Waals surface area contributed by atoms with E-state index in [-0.39, 0.29) is 12.4 Å². The number of Topliss-reactive ketones (excluding diaryl/α,β-unsaturated/α-hetero) is 1. The van der Waals surface area contributed by atoms with Crippen molar-refractivity contribution < 1.29 is 14.3 Å². The largest absolute Gasteiger partial charge is 0.454 e. The fourth-order valence-electron chi connectivity index (χ4n) is 3.48. The number of hydrogen-bond acceptors (Lipinski definition) is 3. The van der Waals surface area contributed by atoms with Crippen molar-refractivity contribution >= 4 is 45.2 Å². The lowest BCUT2D eigenvalue weighted by molar-refractivity contribution is 0.0475. The van der Waals surface area contributed by atoms with Crippen LogP contribution < -0.4 is 0 Å². The Morgan fingerprint density at radius 1 is 0.897 bits per heavy atom. The molecule has 1 heterocycles. The van der Waals surface area contributed by atoms with Crippen LogP contribution in [0.3, 0.4) is 0 Å². The number of rotatable bonds is 5. The van der Waals surface area contributed by atoms with E-state index in [0.717, 1.165) is 25.7 Å². The maximum absolute atomic E-state index is 13.2. The van der Waals surface area contributed by atoms with E-state index in [2.05, 4.69) is 22.6 Å². The number of ketones is 1. The summed E-state index contributed by atoms with van der Waals surface area (Å²) >= 11 is 2.17. The van der Waals surface area contributed by atoms with E-state index in [0.29, 0.717) is 11.1 Å². The van der Waals surface area contributed by atoms with E-state index in [1.54, 1.807) is 12.1 Å². The first-order chi connectivity index (χ1) is 14.1. The molecule has 0 unspecified atom stereocenters. The van der Waals surface area contributed by atoms with Crippen molar-refractivity contribution in [3.63, 3.8) is 0 Å². The maximum atomic E-state index is 13.2. The second-order valence-electron chi connectivity index (χ2n) is 6.67. The summed E-state index contributed by atoms with van der Waals surface area (Å²) in [4.78, 5) is 25.5. The third-order valence-corrected chi connectivity index (χ3v) is 5.57. The molecule has 4 nitrogen and oxygen atoms in total. The van der Waals surface area contributed by atoms with Gasteiger partial charge in [0.05, 0.1) is 16.8 Å². The predicted octanol–water partition coefficient (Wildman–Crippen LogP) is 5.49. The minimum Gasteiger partial charge on any atom is -0.454 e. The highest BCUT2D eigenvalue weighted by Gasteiger charge is 2.23. The standard InChI is InChI=1S/C24H18INO3/c1-26-20-10-6-5-9-19(20)22(23(26)16-7-3-2-4-8-16)21(27)15-29-24(28)17-11-13-18(25)14-12-17/h2-14H,15H2,1H3. The first kappa shape index (κ1) is 19.4. The molecule has 0 N–H and O–H groups in total. The van der Waals surface area contributed by atoms with Crippen LogP contribution in [0, 0.1) is 3.57 Å². The summed E-state index contributed by atoms with van der Waals surface area (Å²) < 4.78 is 8.37. The van der Waals surface area contributed by atoms with Gasteiger partial charge in [0.1, 0.15) is 0 Å². The van der Waals surface area contributed by atoms with Crippen molar-refractivity contribution in [2.24, 2.45) is 7.05 Å². The van der Waals surface area contributed by atoms with Crippen molar-refractivity contribution in [1.29, 1.82) is 0 Å². The van der Waals surface area contributed by atoms with Crippen molar-refractivity contribution in [3.05, 3.63) is 93.6 Å². The number of nitrogens with zero attached hydrogens (tertiary/aromatic N) is 1. The van der Waals surface area contributed by atoms with Crippen LogP contribution in [0.25, 0.3) is 22.2 Å². The highest BCUT2D eigenvalue weighted by molar-refractivity contribution is 14.1. The molecule has 1 aromatic heterocycles. The van der Waals surface area contributed by atoms with Gasteiger partial charge in [-0.25, -0.2) is 4.79 Å². The Morgan fingerprint density at radius 2 is 1.55 bits per heavy atom. The molecular weight excluding hydrogens is 477 g/mol. The Bertz CT molecular complexity index is 1190. The summed E-state index contributed by atoms with van der Waals surface area (Å²) in [6.45, 7) is -0.307. The van der Waals surface area contributed by atoms with Crippen molar-refractivity contribution in [2.75, 3.05) is 6.61 Å². The quantitative estimate of drug-likeness (QED) is 0.209. The number of fused-ring (bicyclic) bond motifs is 1. The number of benzene rings is 3. The summed E-state index contributed by atoms with van der Waals surface area (Å²) in [5.74, 6) is -0.726. The maximum Gasteiger partial charge on any atom is 0.338 e. The minimum atomic E-state index is -0.503. The zero-order valence-corrected chi connectivity index (χ0v) is 17.9. The van der Waals surface area contributed by atoms with Crippen LogP contribution in [0.5, 0.6) is 0 Å². The van der Waals surface area contributed by atoms with Gasteiger partial charge in [-0.3, -0.25) is 4.79 Å². The molecule has 29 heavy (non-hydrogen) atoms. The van der Waals surface area contributed by atoms with Gasteiger partial charge >= 0.3 is 5.97 Å². The topological polar surface area (TPSA) is 48.3 Å². The SMILES string of the molecule is Cn1c(-c2ccccc2)c(C(=O)COC(=O)c2ccc(I)cc2)c2ccccc21. The van der Waals surface area contributed by atoms with Gasteiger partial charge in [-0.15, -0.1) is 0 Å². The molecule has 0 radical (unpaired) electrons. The van der Waals surface area contributed by atoms with E-state index in [9.17, 15) is 9.59 Å². The monoisotopic (exact) mass is 495 g/mol. The summed E-state index contributed by atoms with van der Waals surface area (Å²) in [7, 11) is 1.94. The van der Waals surface area contributed by atoms with Gasteiger partial charge in [-0.2, -0.15) is 0 Å². The zero-order valence-electron chi connectivity index (χ0n) is 15.8. The smallest absolute Gasteiger partial charge is 0.338 e. The average Bonchev–Trinajstić information content (AvgIpc) is 3.06. The number of ether oxygens (including phenoxy) is 1. The Morgan fingerprint density at radius 3 is 2.28 bits per heavy atom. The molecule has 0 spiro atoms. The van der Waals surface area contributed by atoms with E-state index in [1.165, 1.54) is 0 Å². The molecular formula is C24H18INO3. The second kappa shape index (κ2) is 8.21. The molecule has 4 rings (SSSR count). The molecule has 0 aliphatic carbocycles. The van der Waals surface area contributed by atoms with Gasteiger partial charge in [-0.05, 0) is 58.5 Å². The summed E-state index contributed by atoms with van der Waals surface area (Å²) in [5.41, 5.74) is 3.73. The van der Waals surface area contributed by atoms with Gasteiger partial charge in [0.15, 0.2) is 6.61 Å². The predicted molar refractivity (Wildman–Crippen MR) is 122 cm³/mol. The van der Waals surface area contributed by atoms with Gasteiger partial charge in [-0.1, -0.05) is 48.5 Å². The fraction of sp³-hybridized carbons (Fsp3) is 0.0833. The molecule has 0 fully saturated rings. The molecule has 0 amide bonds. The van der Waals surface area contributed by atoms with E-state index >= 15 is 0 Å². The lowest BCUT2D eigenvalue weighted by Crippen LogP contribution is -2.15. The van der Waals surface area contributed by atoms with E-state index in [4.69, 9.17) is 4.74 Å². The molecule has 0 saturated carbocycles. The Labute approximate surface area is 182 Å². The minimum absolute atomic E-state index is 0.223. The number of carbonyl (C=O) groups is 2. The Balaban J connectivity index is 1.68. The number of aryl methyl sites for hydroxylation is 1. The van der Waals surface area contributed by atoms with E-state index in [1.807, 2.05) is 78.3 Å². The molecule has 0 aliphatic heterocycles. The third kappa shape index (κ3) is 3.82. The average molecular weight is 495 g/mol. The number of halogens is 1. The molecule has 0 atom stereocenters. The van der Waals surface area contributed by atoms with Crippen LogP contribution in [-0.4, -0.2) is 22.9 Å². The summed E-state index contributed by atoms with van der Waals surface area (Å²) in [6, 6.07) is 24.6. The molecule has 0 saturated heterocycles. The fourth-order valence-corrected chi connectivity index (χ4v) is 3.84. The molecule has 144 valence electrons. The molecule has 0 bridgehead atoms. The van der Waals surface area contributed by atoms with Crippen LogP contribution in [0.1, 0.15) is 20.7 Å². The van der Waals surface area contributed by atoms with Gasteiger partial charge in [0.25, 0.3) is 0 Å². The Kier molecular flexibility index (Phi) is 5.49. The van der Waals surface area contributed by atoms with Crippen molar-refractivity contribution in [1.82, 2.24) is 4.57 Å². The lowest BCUT2D eigenvalue weighted by Gasteiger charge is -2.09. The van der Waals surface area contributed by atoms with Crippen LogP contribution >= 0.6 is 22.6 Å².